The van der Waals surface area contributed by atoms with E-state index in [1.165, 1.54) is 18.9 Å². The van der Waals surface area contributed by atoms with Gasteiger partial charge in [-0.25, -0.2) is 0 Å². The zero-order chi connectivity index (χ0) is 22.1. The van der Waals surface area contributed by atoms with Gasteiger partial charge in [0.2, 0.25) is 0 Å². The van der Waals surface area contributed by atoms with E-state index < -0.39 is 12.2 Å². The first kappa shape index (κ1) is 23.8. The molecule has 1 heterocycles. The summed E-state index contributed by atoms with van der Waals surface area (Å²) in [5.41, 5.74) is 0.500. The summed E-state index contributed by atoms with van der Waals surface area (Å²) in [6, 6.07) is 5.41. The van der Waals surface area contributed by atoms with E-state index in [1.807, 2.05) is 11.8 Å². The molecule has 10 heteroatoms. The number of carbonyl (C=O) groups is 1. The Kier molecular flexibility index (Phi) is 8.76. The monoisotopic (exact) mass is 429 g/mol. The maximum Gasteiger partial charge on any atom is 0.403 e. The molecule has 1 aromatic carbocycles. The third-order valence-electron chi connectivity index (χ3n) is 4.96. The number of ether oxygens (including phenoxy) is 1. The van der Waals surface area contributed by atoms with Crippen LogP contribution in [-0.4, -0.2) is 86.8 Å². The number of hydrogen-bond donors (Lipinski definition) is 2. The minimum atomic E-state index is -4.22. The molecule has 1 fully saturated rings. The second-order valence-electron chi connectivity index (χ2n) is 6.96. The Hall–Kier alpha value is -2.49. The van der Waals surface area contributed by atoms with Crippen LogP contribution in [-0.2, 0) is 0 Å². The van der Waals surface area contributed by atoms with Gasteiger partial charge in [-0.3, -0.25) is 14.7 Å². The van der Waals surface area contributed by atoms with Gasteiger partial charge in [0.1, 0.15) is 11.8 Å². The van der Waals surface area contributed by atoms with Crippen LogP contribution in [0.2, 0.25) is 0 Å². The molecule has 1 aliphatic heterocycles. The van der Waals surface area contributed by atoms with Crippen molar-refractivity contribution in [3.8, 4) is 5.75 Å². The molecule has 0 aliphatic carbocycles. The summed E-state index contributed by atoms with van der Waals surface area (Å²) in [6.07, 6.45) is -4.22. The highest BCUT2D eigenvalue weighted by molar-refractivity contribution is 5.94. The first-order valence-corrected chi connectivity index (χ1v) is 10.0. The fraction of sp³-hybridized carbons (Fsp3) is 0.600. The zero-order valence-electron chi connectivity index (χ0n) is 17.6. The molecule has 1 aliphatic rings. The Balaban J connectivity index is 1.85. The van der Waals surface area contributed by atoms with Crippen LogP contribution in [0.1, 0.15) is 24.2 Å². The summed E-state index contributed by atoms with van der Waals surface area (Å²) in [7, 11) is 1.54. The average Bonchev–Trinajstić information content (AvgIpc) is 2.74. The Bertz CT molecular complexity index is 719. The first-order valence-electron chi connectivity index (χ1n) is 10.0. The average molecular weight is 429 g/mol. The van der Waals surface area contributed by atoms with Gasteiger partial charge in [-0.15, -0.1) is 0 Å². The number of piperazine rings is 1. The lowest BCUT2D eigenvalue weighted by Crippen LogP contribution is -2.56. The van der Waals surface area contributed by atoms with Crippen LogP contribution >= 0.6 is 0 Å². The summed E-state index contributed by atoms with van der Waals surface area (Å²) in [5, 5.41) is 5.98. The highest BCUT2D eigenvalue weighted by atomic mass is 19.4. The van der Waals surface area contributed by atoms with Gasteiger partial charge in [0, 0.05) is 44.8 Å². The quantitative estimate of drug-likeness (QED) is 0.394. The molecule has 0 saturated carbocycles. The summed E-state index contributed by atoms with van der Waals surface area (Å²) in [4.78, 5) is 20.1. The Morgan fingerprint density at radius 1 is 1.23 bits per heavy atom. The van der Waals surface area contributed by atoms with Gasteiger partial charge in [0.15, 0.2) is 5.96 Å². The topological polar surface area (TPSA) is 69.2 Å². The lowest BCUT2D eigenvalue weighted by atomic mass is 10.2. The molecule has 1 aromatic rings. The number of nitrogens with one attached hydrogen (secondary N) is 2. The SMILES string of the molecule is CCNC(=NCCNC(=O)c1cccc(OC)c1)N1CCN(C(C)C(F)(F)F)CC1. The van der Waals surface area contributed by atoms with Crippen molar-refractivity contribution < 1.29 is 22.7 Å². The highest BCUT2D eigenvalue weighted by Crippen LogP contribution is 2.25. The lowest BCUT2D eigenvalue weighted by molar-refractivity contribution is -0.181. The van der Waals surface area contributed by atoms with E-state index >= 15 is 0 Å². The maximum atomic E-state index is 12.9. The number of guanidine groups is 1. The fourth-order valence-electron chi connectivity index (χ4n) is 3.15. The number of rotatable bonds is 7. The number of alkyl halides is 3. The van der Waals surface area contributed by atoms with E-state index in [1.54, 1.807) is 24.3 Å². The normalized spacial score (nSPS) is 16.9. The van der Waals surface area contributed by atoms with Crippen molar-refractivity contribution in [1.82, 2.24) is 20.4 Å². The van der Waals surface area contributed by atoms with Crippen LogP contribution in [0.25, 0.3) is 0 Å². The predicted octanol–water partition coefficient (Wildman–Crippen LogP) is 1.96. The molecule has 30 heavy (non-hydrogen) atoms. The largest absolute Gasteiger partial charge is 0.497 e. The molecule has 1 amide bonds. The van der Waals surface area contributed by atoms with Crippen LogP contribution < -0.4 is 15.4 Å². The van der Waals surface area contributed by atoms with Crippen molar-refractivity contribution >= 4 is 11.9 Å². The van der Waals surface area contributed by atoms with E-state index in [4.69, 9.17) is 4.74 Å². The van der Waals surface area contributed by atoms with Crippen molar-refractivity contribution in [2.24, 2.45) is 4.99 Å². The number of hydrogen-bond acceptors (Lipinski definition) is 4. The minimum absolute atomic E-state index is 0.219. The van der Waals surface area contributed by atoms with Crippen LogP contribution in [0.15, 0.2) is 29.3 Å². The number of aliphatic imine (C=N–C) groups is 1. The van der Waals surface area contributed by atoms with Gasteiger partial charge in [-0.2, -0.15) is 13.2 Å². The molecule has 2 N–H and O–H groups in total. The van der Waals surface area contributed by atoms with Crippen LogP contribution in [0.5, 0.6) is 5.75 Å². The molecule has 168 valence electrons. The Morgan fingerprint density at radius 2 is 1.93 bits per heavy atom. The number of halogens is 3. The molecule has 0 spiro atoms. The van der Waals surface area contributed by atoms with Crippen molar-refractivity contribution in [1.29, 1.82) is 0 Å². The van der Waals surface area contributed by atoms with Gasteiger partial charge in [-0.05, 0) is 32.0 Å². The van der Waals surface area contributed by atoms with Gasteiger partial charge in [0.25, 0.3) is 5.91 Å². The van der Waals surface area contributed by atoms with Gasteiger partial charge in [-0.1, -0.05) is 6.07 Å². The van der Waals surface area contributed by atoms with E-state index in [2.05, 4.69) is 15.6 Å². The molecule has 1 saturated heterocycles. The zero-order valence-corrected chi connectivity index (χ0v) is 17.6. The molecule has 1 atom stereocenters. The summed E-state index contributed by atoms with van der Waals surface area (Å²) in [5.74, 6) is 1.03. The second kappa shape index (κ2) is 11.1. The number of carbonyl (C=O) groups excluding carboxylic acids is 1. The molecular weight excluding hydrogens is 399 g/mol. The van der Waals surface area contributed by atoms with Crippen molar-refractivity contribution in [2.75, 3.05) is 52.9 Å². The van der Waals surface area contributed by atoms with Gasteiger partial charge in [0.05, 0.1) is 13.7 Å². The van der Waals surface area contributed by atoms with Crippen molar-refractivity contribution in [2.45, 2.75) is 26.1 Å². The van der Waals surface area contributed by atoms with Gasteiger partial charge >= 0.3 is 6.18 Å². The van der Waals surface area contributed by atoms with Gasteiger partial charge < -0.3 is 20.3 Å². The van der Waals surface area contributed by atoms with Crippen molar-refractivity contribution in [3.05, 3.63) is 29.8 Å². The number of amides is 1. The molecular formula is C20H30F3N5O2. The standard InChI is InChI=1S/C20H30F3N5O2/c1-4-24-19(28-12-10-27(11-13-28)15(2)20(21,22)23)26-9-8-25-18(29)16-6-5-7-17(14-16)30-3/h5-7,14-15H,4,8-13H2,1-3H3,(H,24,26)(H,25,29). The predicted molar refractivity (Wildman–Crippen MR) is 110 cm³/mol. The van der Waals surface area contributed by atoms with E-state index in [0.29, 0.717) is 63.1 Å². The number of methoxy groups -OCH3 is 1. The van der Waals surface area contributed by atoms with Crippen molar-refractivity contribution in [3.63, 3.8) is 0 Å². The second-order valence-corrected chi connectivity index (χ2v) is 6.96. The third kappa shape index (κ3) is 6.79. The Morgan fingerprint density at radius 3 is 2.53 bits per heavy atom. The molecule has 1 unspecified atom stereocenters. The number of nitrogens with zero attached hydrogens (tertiary/aromatic N) is 3. The third-order valence-corrected chi connectivity index (χ3v) is 4.96. The molecule has 7 nitrogen and oxygen atoms in total. The van der Waals surface area contributed by atoms with E-state index in [-0.39, 0.29) is 5.91 Å². The first-order chi connectivity index (χ1) is 14.3. The molecule has 0 aromatic heterocycles. The van der Waals surface area contributed by atoms with Crippen LogP contribution in [0, 0.1) is 0 Å². The highest BCUT2D eigenvalue weighted by Gasteiger charge is 2.41. The van der Waals surface area contributed by atoms with E-state index in [0.717, 1.165) is 0 Å². The summed E-state index contributed by atoms with van der Waals surface area (Å²) in [6.45, 7) is 6.03. The molecule has 0 bridgehead atoms. The smallest absolute Gasteiger partial charge is 0.403 e. The fourth-order valence-corrected chi connectivity index (χ4v) is 3.15. The van der Waals surface area contributed by atoms with Crippen LogP contribution in [0.3, 0.4) is 0 Å². The molecule has 0 radical (unpaired) electrons. The maximum absolute atomic E-state index is 12.9. The molecule has 2 rings (SSSR count). The minimum Gasteiger partial charge on any atom is -0.497 e. The number of benzene rings is 1. The van der Waals surface area contributed by atoms with Crippen LogP contribution in [0.4, 0.5) is 13.2 Å². The summed E-state index contributed by atoms with van der Waals surface area (Å²) < 4.78 is 43.9. The van der Waals surface area contributed by atoms with E-state index in [9.17, 15) is 18.0 Å². The Labute approximate surface area is 175 Å². The summed E-state index contributed by atoms with van der Waals surface area (Å²) >= 11 is 0. The lowest BCUT2D eigenvalue weighted by Gasteiger charge is -2.39.